The minimum Gasteiger partial charge on any atom is -0.489 e. The Labute approximate surface area is 204 Å². The van der Waals surface area contributed by atoms with E-state index in [0.717, 1.165) is 24.4 Å². The molecule has 190 valence electrons. The SMILES string of the molecule is CC1(C)CC(C)(C)C1Oc1ccc(C#N)c(C(F)(F)F)c1.Cc1nc(C(C)C)nc(C)c1C(N)=O. The van der Waals surface area contributed by atoms with Crippen LogP contribution in [0.3, 0.4) is 0 Å². The molecule has 1 aliphatic carbocycles. The molecule has 0 atom stereocenters. The first kappa shape index (κ1) is 28.1. The van der Waals surface area contributed by atoms with Crippen molar-refractivity contribution in [1.29, 1.82) is 5.26 Å². The number of nitrogens with zero attached hydrogens (tertiary/aromatic N) is 3. The molecule has 9 heteroatoms. The first-order valence-electron chi connectivity index (χ1n) is 11.3. The fraction of sp³-hybridized carbons (Fsp3) is 0.538. The molecule has 0 saturated heterocycles. The lowest BCUT2D eigenvalue weighted by atomic mass is 9.53. The number of aryl methyl sites for hydroxylation is 2. The number of alkyl halides is 3. The highest BCUT2D eigenvalue weighted by Crippen LogP contribution is 2.55. The smallest absolute Gasteiger partial charge is 0.417 e. The van der Waals surface area contributed by atoms with Crippen LogP contribution in [-0.4, -0.2) is 22.0 Å². The molecule has 1 saturated carbocycles. The van der Waals surface area contributed by atoms with Gasteiger partial charge in [0.05, 0.1) is 34.1 Å². The van der Waals surface area contributed by atoms with E-state index in [1.807, 2.05) is 41.5 Å². The van der Waals surface area contributed by atoms with Crippen LogP contribution in [0.5, 0.6) is 5.75 Å². The second kappa shape index (κ2) is 9.84. The maximum Gasteiger partial charge on any atom is 0.417 e. The normalized spacial score (nSPS) is 16.5. The topological polar surface area (TPSA) is 102 Å². The van der Waals surface area contributed by atoms with Gasteiger partial charge in [-0.05, 0) is 38.5 Å². The van der Waals surface area contributed by atoms with Crippen LogP contribution in [0.1, 0.15) is 92.6 Å². The summed E-state index contributed by atoms with van der Waals surface area (Å²) in [6, 6.07) is 5.08. The highest BCUT2D eigenvalue weighted by atomic mass is 19.4. The lowest BCUT2D eigenvalue weighted by molar-refractivity contribution is -0.140. The van der Waals surface area contributed by atoms with Gasteiger partial charge in [0.25, 0.3) is 5.91 Å². The quantitative estimate of drug-likeness (QED) is 0.558. The van der Waals surface area contributed by atoms with Crippen LogP contribution in [0, 0.1) is 36.0 Å². The molecule has 2 N–H and O–H groups in total. The zero-order valence-electron chi connectivity index (χ0n) is 21.5. The maximum atomic E-state index is 12.9. The molecule has 35 heavy (non-hydrogen) atoms. The van der Waals surface area contributed by atoms with Crippen LogP contribution in [-0.2, 0) is 6.18 Å². The number of carbonyl (C=O) groups excluding carboxylic acids is 1. The van der Waals surface area contributed by atoms with Crippen molar-refractivity contribution in [2.24, 2.45) is 16.6 Å². The molecule has 0 spiro atoms. The van der Waals surface area contributed by atoms with E-state index in [1.165, 1.54) is 6.07 Å². The Kier molecular flexibility index (Phi) is 7.90. The minimum atomic E-state index is -4.56. The molecule has 1 heterocycles. The highest BCUT2D eigenvalue weighted by Gasteiger charge is 2.55. The Bertz CT molecular complexity index is 1110. The van der Waals surface area contributed by atoms with Crippen molar-refractivity contribution in [2.75, 3.05) is 0 Å². The number of amides is 1. The summed E-state index contributed by atoms with van der Waals surface area (Å²) in [6.45, 7) is 15.7. The Balaban J connectivity index is 0.000000269. The first-order valence-corrected chi connectivity index (χ1v) is 11.3. The molecule has 6 nitrogen and oxygen atoms in total. The molecule has 1 aliphatic rings. The van der Waals surface area contributed by atoms with Crippen molar-refractivity contribution < 1.29 is 22.7 Å². The van der Waals surface area contributed by atoms with E-state index < -0.39 is 17.6 Å². The number of benzene rings is 1. The van der Waals surface area contributed by atoms with Gasteiger partial charge in [-0.15, -0.1) is 0 Å². The molecule has 1 aromatic heterocycles. The van der Waals surface area contributed by atoms with Crippen molar-refractivity contribution in [1.82, 2.24) is 9.97 Å². The fourth-order valence-electron chi connectivity index (χ4n) is 5.03. The highest BCUT2D eigenvalue weighted by molar-refractivity contribution is 5.94. The predicted octanol–water partition coefficient (Wildman–Crippen LogP) is 6.10. The monoisotopic (exact) mass is 490 g/mol. The average Bonchev–Trinajstić information content (AvgIpc) is 2.70. The summed E-state index contributed by atoms with van der Waals surface area (Å²) in [5.74, 6) is 0.710. The Hall–Kier alpha value is -3.15. The Morgan fingerprint density at radius 1 is 1.14 bits per heavy atom. The van der Waals surface area contributed by atoms with Gasteiger partial charge >= 0.3 is 6.18 Å². The van der Waals surface area contributed by atoms with E-state index >= 15 is 0 Å². The van der Waals surface area contributed by atoms with Crippen molar-refractivity contribution in [2.45, 2.75) is 80.0 Å². The van der Waals surface area contributed by atoms with Gasteiger partial charge in [-0.2, -0.15) is 18.4 Å². The van der Waals surface area contributed by atoms with Crippen LogP contribution in [0.2, 0.25) is 0 Å². The molecular weight excluding hydrogens is 457 g/mol. The zero-order chi connectivity index (χ0) is 26.9. The summed E-state index contributed by atoms with van der Waals surface area (Å²) in [5, 5.41) is 8.79. The standard InChI is InChI=1S/C16H18F3NO.C10H15N3O/c1-14(2)9-15(3,4)13(14)21-11-6-5-10(8-20)12(7-11)16(17,18)19;1-5(2)10-12-6(3)8(9(11)14)7(4)13-10/h5-7,13H,9H2,1-4H3;5H,1-4H3,(H2,11,14). The second-order valence-corrected chi connectivity index (χ2v) is 10.6. The van der Waals surface area contributed by atoms with E-state index in [2.05, 4.69) is 9.97 Å². The molecule has 0 bridgehead atoms. The second-order valence-electron chi connectivity index (χ2n) is 10.6. The van der Waals surface area contributed by atoms with Crippen LogP contribution in [0.15, 0.2) is 18.2 Å². The summed E-state index contributed by atoms with van der Waals surface area (Å²) in [7, 11) is 0. The van der Waals surface area contributed by atoms with Gasteiger partial charge in [-0.1, -0.05) is 41.5 Å². The van der Waals surface area contributed by atoms with Crippen molar-refractivity contribution in [3.8, 4) is 11.8 Å². The molecule has 1 amide bonds. The zero-order valence-corrected chi connectivity index (χ0v) is 21.5. The predicted molar refractivity (Wildman–Crippen MR) is 127 cm³/mol. The van der Waals surface area contributed by atoms with Crippen molar-refractivity contribution in [3.63, 3.8) is 0 Å². The summed E-state index contributed by atoms with van der Waals surface area (Å²) in [5.41, 5.74) is 5.50. The summed E-state index contributed by atoms with van der Waals surface area (Å²) >= 11 is 0. The van der Waals surface area contributed by atoms with Gasteiger partial charge < -0.3 is 10.5 Å². The number of nitriles is 1. The van der Waals surface area contributed by atoms with Gasteiger partial charge in [-0.3, -0.25) is 4.79 Å². The average molecular weight is 491 g/mol. The van der Waals surface area contributed by atoms with E-state index in [1.54, 1.807) is 19.9 Å². The number of nitrogens with two attached hydrogens (primary N) is 1. The Morgan fingerprint density at radius 2 is 1.66 bits per heavy atom. The van der Waals surface area contributed by atoms with Crippen LogP contribution in [0.4, 0.5) is 13.2 Å². The van der Waals surface area contributed by atoms with E-state index in [9.17, 15) is 18.0 Å². The number of aromatic nitrogens is 2. The van der Waals surface area contributed by atoms with Gasteiger partial charge in [0.1, 0.15) is 17.7 Å². The molecular formula is C26H33F3N4O2. The van der Waals surface area contributed by atoms with Crippen LogP contribution < -0.4 is 10.5 Å². The lowest BCUT2D eigenvalue weighted by Crippen LogP contribution is -2.58. The van der Waals surface area contributed by atoms with Crippen molar-refractivity contribution >= 4 is 5.91 Å². The van der Waals surface area contributed by atoms with Crippen LogP contribution in [0.25, 0.3) is 0 Å². The number of halogens is 3. The maximum absolute atomic E-state index is 12.9. The number of primary amides is 1. The van der Waals surface area contributed by atoms with Gasteiger partial charge in [0, 0.05) is 16.7 Å². The molecule has 3 rings (SSSR count). The molecule has 0 unspecified atom stereocenters. The molecule has 2 aromatic rings. The summed E-state index contributed by atoms with van der Waals surface area (Å²) in [6.07, 6.45) is -3.76. The fourth-order valence-corrected chi connectivity index (χ4v) is 5.03. The number of carbonyl (C=O) groups is 1. The van der Waals surface area contributed by atoms with E-state index in [-0.39, 0.29) is 34.2 Å². The third-order valence-electron chi connectivity index (χ3n) is 6.05. The van der Waals surface area contributed by atoms with Gasteiger partial charge in [0.15, 0.2) is 0 Å². The number of hydrogen-bond donors (Lipinski definition) is 1. The summed E-state index contributed by atoms with van der Waals surface area (Å²) < 4.78 is 44.6. The van der Waals surface area contributed by atoms with E-state index in [0.29, 0.717) is 17.0 Å². The Morgan fingerprint density at radius 3 is 2.03 bits per heavy atom. The third-order valence-corrected chi connectivity index (χ3v) is 6.05. The number of hydrogen-bond acceptors (Lipinski definition) is 5. The van der Waals surface area contributed by atoms with Gasteiger partial charge in [0.2, 0.25) is 0 Å². The van der Waals surface area contributed by atoms with Crippen LogP contribution >= 0.6 is 0 Å². The minimum absolute atomic E-state index is 0.0736. The largest absolute Gasteiger partial charge is 0.489 e. The van der Waals surface area contributed by atoms with Gasteiger partial charge in [-0.25, -0.2) is 9.97 Å². The molecule has 1 aromatic carbocycles. The molecule has 0 aliphatic heterocycles. The molecule has 1 fully saturated rings. The third kappa shape index (κ3) is 6.30. The molecule has 0 radical (unpaired) electrons. The van der Waals surface area contributed by atoms with E-state index in [4.69, 9.17) is 15.7 Å². The number of ether oxygens (including phenoxy) is 1. The summed E-state index contributed by atoms with van der Waals surface area (Å²) in [4.78, 5) is 19.6. The number of rotatable bonds is 4. The lowest BCUT2D eigenvalue weighted by Gasteiger charge is -2.56. The first-order chi connectivity index (χ1) is 15.9. The van der Waals surface area contributed by atoms with Crippen molar-refractivity contribution in [3.05, 3.63) is 52.1 Å².